The van der Waals surface area contributed by atoms with E-state index >= 15 is 0 Å². The fourth-order valence-electron chi connectivity index (χ4n) is 0.450. The maximum Gasteiger partial charge on any atom is 0.417 e. The first-order valence-corrected chi connectivity index (χ1v) is 3.00. The van der Waals surface area contributed by atoms with Crippen LogP contribution in [0, 0.1) is 0 Å². The molecule has 0 aromatic heterocycles. The highest BCUT2D eigenvalue weighted by Crippen LogP contribution is 1.76. The first-order valence-electron chi connectivity index (χ1n) is 3.00. The van der Waals surface area contributed by atoms with Gasteiger partial charge < -0.3 is 10.1 Å². The van der Waals surface area contributed by atoms with Crippen LogP contribution in [0.25, 0.3) is 0 Å². The predicted molar refractivity (Wildman–Crippen MR) is 34.9 cm³/mol. The Labute approximate surface area is 59.6 Å². The van der Waals surface area contributed by atoms with Crippen LogP contribution in [0.15, 0.2) is 0 Å². The summed E-state index contributed by atoms with van der Waals surface area (Å²) < 4.78 is 4.26. The van der Waals surface area contributed by atoms with Crippen molar-refractivity contribution in [3.05, 3.63) is 0 Å². The molecule has 57 valence electrons. The number of nitrogens with one attached hydrogen (secondary N) is 1. The van der Waals surface area contributed by atoms with E-state index < -0.39 is 0 Å². The minimum absolute atomic E-state index is 0.0740. The summed E-state index contributed by atoms with van der Waals surface area (Å²) in [6, 6.07) is 0. The molecule has 4 nitrogen and oxygen atoms in total. The third-order valence-corrected chi connectivity index (χ3v) is 0.856. The molecule has 0 spiro atoms. The SMILES string of the molecule is CC(=O)NCCCO[C]=O. The monoisotopic (exact) mass is 144 g/mol. The maximum absolute atomic E-state index is 10.2. The Morgan fingerprint density at radius 3 is 2.90 bits per heavy atom. The summed E-state index contributed by atoms with van der Waals surface area (Å²) in [7, 11) is 0. The average molecular weight is 144 g/mol. The van der Waals surface area contributed by atoms with Crippen LogP contribution >= 0.6 is 0 Å². The summed E-state index contributed by atoms with van der Waals surface area (Å²) in [4.78, 5) is 19.7. The highest BCUT2D eigenvalue weighted by atomic mass is 16.5. The molecular weight excluding hydrogens is 134 g/mol. The first-order chi connectivity index (χ1) is 4.77. The number of rotatable bonds is 5. The first kappa shape index (κ1) is 8.94. The molecule has 0 aliphatic rings. The smallest absolute Gasteiger partial charge is 0.417 e. The minimum atomic E-state index is -0.0740. The van der Waals surface area contributed by atoms with Crippen LogP contribution in [0.5, 0.6) is 0 Å². The van der Waals surface area contributed by atoms with Gasteiger partial charge in [-0.3, -0.25) is 4.79 Å². The Morgan fingerprint density at radius 2 is 2.40 bits per heavy atom. The van der Waals surface area contributed by atoms with Gasteiger partial charge in [0.25, 0.3) is 0 Å². The van der Waals surface area contributed by atoms with Crippen molar-refractivity contribution in [2.24, 2.45) is 0 Å². The van der Waals surface area contributed by atoms with Crippen LogP contribution in [0.4, 0.5) is 0 Å². The second-order valence-corrected chi connectivity index (χ2v) is 1.77. The fraction of sp³-hybridized carbons (Fsp3) is 0.667. The van der Waals surface area contributed by atoms with E-state index in [0.717, 1.165) is 0 Å². The second-order valence-electron chi connectivity index (χ2n) is 1.77. The van der Waals surface area contributed by atoms with Crippen molar-refractivity contribution in [2.45, 2.75) is 13.3 Å². The Balaban J connectivity index is 2.90. The third-order valence-electron chi connectivity index (χ3n) is 0.856. The summed E-state index contributed by atoms with van der Waals surface area (Å²) in [5.74, 6) is -0.0740. The average Bonchev–Trinajstić information content (AvgIpc) is 1.87. The quantitative estimate of drug-likeness (QED) is 0.534. The Bertz CT molecular complexity index is 114. The zero-order valence-electron chi connectivity index (χ0n) is 5.85. The lowest BCUT2D eigenvalue weighted by Crippen LogP contribution is -2.21. The van der Waals surface area contributed by atoms with Gasteiger partial charge in [0.15, 0.2) is 0 Å². The molecule has 1 radical (unpaired) electrons. The second kappa shape index (κ2) is 6.07. The van der Waals surface area contributed by atoms with Crippen molar-refractivity contribution in [2.75, 3.05) is 13.2 Å². The van der Waals surface area contributed by atoms with Crippen LogP contribution in [0.3, 0.4) is 0 Å². The molecule has 0 saturated carbocycles. The van der Waals surface area contributed by atoms with Gasteiger partial charge in [-0.05, 0) is 6.42 Å². The van der Waals surface area contributed by atoms with Gasteiger partial charge in [0.05, 0.1) is 6.61 Å². The third kappa shape index (κ3) is 6.94. The van der Waals surface area contributed by atoms with Crippen molar-refractivity contribution >= 4 is 12.4 Å². The summed E-state index contributed by atoms with van der Waals surface area (Å²) in [6.45, 7) is 3.58. The molecule has 0 aromatic rings. The molecule has 0 aromatic carbocycles. The molecule has 4 heteroatoms. The standard InChI is InChI=1S/C6H10NO3/c1-6(9)7-3-2-4-10-5-8/h2-4H2,1H3,(H,7,9). The van der Waals surface area contributed by atoms with Crippen LogP contribution < -0.4 is 5.32 Å². The molecular formula is C6H10NO3. The molecule has 10 heavy (non-hydrogen) atoms. The molecule has 0 heterocycles. The highest BCUT2D eigenvalue weighted by molar-refractivity contribution is 5.72. The van der Waals surface area contributed by atoms with Gasteiger partial charge in [-0.25, -0.2) is 4.79 Å². The van der Waals surface area contributed by atoms with Gasteiger partial charge in [0.1, 0.15) is 0 Å². The van der Waals surface area contributed by atoms with Gasteiger partial charge in [0, 0.05) is 13.5 Å². The van der Waals surface area contributed by atoms with E-state index in [1.807, 2.05) is 0 Å². The largest absolute Gasteiger partial charge is 0.457 e. The summed E-state index contributed by atoms with van der Waals surface area (Å²) in [5.41, 5.74) is 0. The number of hydrogen-bond acceptors (Lipinski definition) is 3. The molecule has 0 aliphatic carbocycles. The zero-order valence-corrected chi connectivity index (χ0v) is 5.85. The molecule has 1 amide bonds. The lowest BCUT2D eigenvalue weighted by molar-refractivity contribution is -0.118. The van der Waals surface area contributed by atoms with E-state index in [1.165, 1.54) is 13.4 Å². The van der Waals surface area contributed by atoms with Crippen molar-refractivity contribution in [3.63, 3.8) is 0 Å². The minimum Gasteiger partial charge on any atom is -0.457 e. The summed E-state index contributed by atoms with van der Waals surface area (Å²) in [6.07, 6.45) is 0.634. The molecule has 0 atom stereocenters. The number of amides is 1. The molecule has 0 rings (SSSR count). The van der Waals surface area contributed by atoms with Crippen molar-refractivity contribution in [1.82, 2.24) is 5.32 Å². The molecule has 1 N–H and O–H groups in total. The normalized spacial score (nSPS) is 8.50. The number of hydrogen-bond donors (Lipinski definition) is 1. The molecule has 0 unspecified atom stereocenters. The van der Waals surface area contributed by atoms with E-state index in [4.69, 9.17) is 0 Å². The Hall–Kier alpha value is -1.06. The number of carbonyl (C=O) groups excluding carboxylic acids is 2. The van der Waals surface area contributed by atoms with E-state index in [0.29, 0.717) is 19.6 Å². The van der Waals surface area contributed by atoms with Crippen molar-refractivity contribution in [1.29, 1.82) is 0 Å². The van der Waals surface area contributed by atoms with Gasteiger partial charge in [-0.15, -0.1) is 0 Å². The topological polar surface area (TPSA) is 55.4 Å². The number of ether oxygens (including phenoxy) is 1. The van der Waals surface area contributed by atoms with Gasteiger partial charge in [0.2, 0.25) is 5.91 Å². The summed E-state index contributed by atoms with van der Waals surface area (Å²) in [5, 5.41) is 2.56. The lowest BCUT2D eigenvalue weighted by Gasteiger charge is -1.98. The van der Waals surface area contributed by atoms with Crippen molar-refractivity contribution in [3.8, 4) is 0 Å². The maximum atomic E-state index is 10.2. The number of carbonyl (C=O) groups is 1. The van der Waals surface area contributed by atoms with Crippen molar-refractivity contribution < 1.29 is 14.3 Å². The van der Waals surface area contributed by atoms with E-state index in [9.17, 15) is 9.59 Å². The van der Waals surface area contributed by atoms with Crippen LogP contribution in [0.2, 0.25) is 0 Å². The fourth-order valence-corrected chi connectivity index (χ4v) is 0.450. The molecule has 0 aliphatic heterocycles. The molecule has 0 fully saturated rings. The van der Waals surface area contributed by atoms with Gasteiger partial charge >= 0.3 is 6.47 Å². The summed E-state index contributed by atoms with van der Waals surface area (Å²) >= 11 is 0. The van der Waals surface area contributed by atoms with Gasteiger partial charge in [-0.1, -0.05) is 0 Å². The van der Waals surface area contributed by atoms with Gasteiger partial charge in [-0.2, -0.15) is 0 Å². The molecule has 0 saturated heterocycles. The van der Waals surface area contributed by atoms with E-state index in [-0.39, 0.29) is 5.91 Å². The molecule has 0 bridgehead atoms. The van der Waals surface area contributed by atoms with E-state index in [2.05, 4.69) is 10.1 Å². The lowest BCUT2D eigenvalue weighted by atomic mass is 10.4. The Kier molecular flexibility index (Phi) is 5.42. The predicted octanol–water partition coefficient (Wildman–Crippen LogP) is -0.404. The highest BCUT2D eigenvalue weighted by Gasteiger charge is 1.89. The van der Waals surface area contributed by atoms with Crippen LogP contribution in [-0.2, 0) is 14.3 Å². The van der Waals surface area contributed by atoms with E-state index in [1.54, 1.807) is 0 Å². The Morgan fingerprint density at radius 1 is 1.70 bits per heavy atom. The zero-order chi connectivity index (χ0) is 7.82. The van der Waals surface area contributed by atoms with Crippen LogP contribution in [-0.4, -0.2) is 25.5 Å². The van der Waals surface area contributed by atoms with Crippen LogP contribution in [0.1, 0.15) is 13.3 Å².